The molecule has 294 valence electrons. The molecule has 4 heterocycles. The summed E-state index contributed by atoms with van der Waals surface area (Å²) in [6, 6.07) is 58.4. The van der Waals surface area contributed by atoms with Gasteiger partial charge in [0.15, 0.2) is 5.58 Å². The van der Waals surface area contributed by atoms with Crippen LogP contribution in [0.5, 0.6) is 0 Å². The third-order valence-electron chi connectivity index (χ3n) is 13.4. The molecule has 5 heteroatoms. The van der Waals surface area contributed by atoms with Gasteiger partial charge in [-0.1, -0.05) is 171 Å². The van der Waals surface area contributed by atoms with Gasteiger partial charge in [-0.3, -0.25) is 4.90 Å². The van der Waals surface area contributed by atoms with Crippen LogP contribution in [0.2, 0.25) is 0 Å². The Morgan fingerprint density at radius 3 is 2.18 bits per heavy atom. The Balaban J connectivity index is 1.03. The van der Waals surface area contributed by atoms with Crippen molar-refractivity contribution in [2.45, 2.75) is 24.8 Å². The zero-order chi connectivity index (χ0) is 40.9. The highest BCUT2D eigenvalue weighted by molar-refractivity contribution is 6.13. The standard InChI is InChI=1S/C57H40N4O/c1-35-31-51-46(40-23-9-13-28-49(40)60(51)39-21-6-3-7-22-39)33-44(35)37-19-16-20-38(32-37)45-34-47-41-24-11-15-30-52(41)62-56(47)55-53(45)43-26-10-14-29-50(43)61(55)57-58-48-27-12-8-25-42(48)54(59-57)36-17-4-2-5-18-36/h2-35,43-44,50H,1H3/t35?,43?,44-,50?/m0/s1. The van der Waals surface area contributed by atoms with Gasteiger partial charge in [0, 0.05) is 49.9 Å². The Labute approximate surface area is 358 Å². The molecule has 0 saturated heterocycles. The summed E-state index contributed by atoms with van der Waals surface area (Å²) in [5, 5.41) is 7.05. The third kappa shape index (κ3) is 5.21. The minimum Gasteiger partial charge on any atom is -0.454 e. The number of fused-ring (bicyclic) bond motifs is 11. The maximum atomic E-state index is 6.93. The number of hydrogen-bond donors (Lipinski definition) is 0. The van der Waals surface area contributed by atoms with Gasteiger partial charge in [0.25, 0.3) is 0 Å². The number of hydrogen-bond acceptors (Lipinski definition) is 4. The van der Waals surface area contributed by atoms with Crippen LogP contribution >= 0.6 is 0 Å². The van der Waals surface area contributed by atoms with E-state index >= 15 is 0 Å². The van der Waals surface area contributed by atoms with E-state index in [-0.39, 0.29) is 23.8 Å². The first-order valence-electron chi connectivity index (χ1n) is 21.6. The number of benzene rings is 7. The van der Waals surface area contributed by atoms with Crippen LogP contribution in [0.3, 0.4) is 0 Å². The zero-order valence-corrected chi connectivity index (χ0v) is 34.1. The van der Waals surface area contributed by atoms with E-state index in [1.807, 2.05) is 0 Å². The maximum Gasteiger partial charge on any atom is 0.231 e. The molecule has 10 aromatic rings. The lowest BCUT2D eigenvalue weighted by Crippen LogP contribution is -2.34. The zero-order valence-electron chi connectivity index (χ0n) is 34.1. The third-order valence-corrected chi connectivity index (χ3v) is 13.4. The Kier molecular flexibility index (Phi) is 7.70. The molecule has 4 atom stereocenters. The second kappa shape index (κ2) is 13.6. The molecule has 5 nitrogen and oxygen atoms in total. The largest absolute Gasteiger partial charge is 0.454 e. The predicted octanol–water partition coefficient (Wildman–Crippen LogP) is 12.5. The Bertz CT molecular complexity index is 3630. The fourth-order valence-corrected chi connectivity index (χ4v) is 10.6. The fourth-order valence-electron chi connectivity index (χ4n) is 10.6. The Morgan fingerprint density at radius 1 is 0.581 bits per heavy atom. The summed E-state index contributed by atoms with van der Waals surface area (Å²) in [6.45, 7) is 2.36. The van der Waals surface area contributed by atoms with Crippen LogP contribution in [-0.4, -0.2) is 20.6 Å². The van der Waals surface area contributed by atoms with E-state index < -0.39 is 0 Å². The van der Waals surface area contributed by atoms with Crippen molar-refractivity contribution in [3.63, 3.8) is 0 Å². The maximum absolute atomic E-state index is 6.93. The van der Waals surface area contributed by atoms with Crippen LogP contribution in [-0.2, 0) is 0 Å². The van der Waals surface area contributed by atoms with Crippen LogP contribution in [0.25, 0.3) is 84.0 Å². The molecule has 0 bridgehead atoms. The van der Waals surface area contributed by atoms with Gasteiger partial charge in [0.1, 0.15) is 5.58 Å². The molecule has 7 aromatic carbocycles. The number of allylic oxidation sites excluding steroid dienone is 2. The van der Waals surface area contributed by atoms with Gasteiger partial charge in [0.05, 0.1) is 33.8 Å². The van der Waals surface area contributed by atoms with Crippen LogP contribution in [0, 0.1) is 5.92 Å². The topological polar surface area (TPSA) is 47.1 Å². The molecule has 0 saturated carbocycles. The van der Waals surface area contributed by atoms with Crippen LogP contribution in [0.15, 0.2) is 193 Å². The van der Waals surface area contributed by atoms with E-state index in [1.165, 1.54) is 49.4 Å². The molecule has 13 rings (SSSR count). The number of aromatic nitrogens is 3. The average molecular weight is 797 g/mol. The Morgan fingerprint density at radius 2 is 1.31 bits per heavy atom. The molecule has 0 N–H and O–H groups in total. The Hall–Kier alpha value is -7.76. The van der Waals surface area contributed by atoms with Crippen molar-refractivity contribution in [3.05, 3.63) is 210 Å². The number of rotatable bonds is 5. The highest BCUT2D eigenvalue weighted by atomic mass is 16.3. The quantitative estimate of drug-likeness (QED) is 0.174. The van der Waals surface area contributed by atoms with Gasteiger partial charge in [-0.15, -0.1) is 0 Å². The van der Waals surface area contributed by atoms with Crippen molar-refractivity contribution in [1.82, 2.24) is 14.5 Å². The second-order valence-electron chi connectivity index (χ2n) is 16.9. The number of furan rings is 1. The summed E-state index contributed by atoms with van der Waals surface area (Å²) in [4.78, 5) is 13.2. The SMILES string of the molecule is CC1C=c2c(c3ccccc3n2-c2ccccc2)=C[C@@H]1c1cccc(-c2cc3c(oc4ccccc43)c3c2C2C=CC=CC2N3c2nc(-c3ccccc3)c3ccccc3n2)c1. The monoisotopic (exact) mass is 796 g/mol. The summed E-state index contributed by atoms with van der Waals surface area (Å²) in [5.74, 6) is 1.16. The first-order valence-corrected chi connectivity index (χ1v) is 21.6. The van der Waals surface area contributed by atoms with Crippen LogP contribution in [0.4, 0.5) is 11.6 Å². The van der Waals surface area contributed by atoms with Crippen molar-refractivity contribution in [2.75, 3.05) is 4.90 Å². The van der Waals surface area contributed by atoms with Crippen molar-refractivity contribution < 1.29 is 4.42 Å². The van der Waals surface area contributed by atoms with Crippen molar-refractivity contribution in [2.24, 2.45) is 5.92 Å². The first kappa shape index (κ1) is 35.0. The van der Waals surface area contributed by atoms with Crippen molar-refractivity contribution >= 4 is 67.5 Å². The highest BCUT2D eigenvalue weighted by Crippen LogP contribution is 2.55. The highest BCUT2D eigenvalue weighted by Gasteiger charge is 2.43. The first-order chi connectivity index (χ1) is 30.7. The normalized spacial score (nSPS) is 18.8. The smallest absolute Gasteiger partial charge is 0.231 e. The van der Waals surface area contributed by atoms with Gasteiger partial charge in [-0.2, -0.15) is 0 Å². The van der Waals surface area contributed by atoms with Gasteiger partial charge < -0.3 is 8.98 Å². The van der Waals surface area contributed by atoms with E-state index in [9.17, 15) is 0 Å². The minimum atomic E-state index is -0.0535. The fraction of sp³-hybridized carbons (Fsp3) is 0.0877. The van der Waals surface area contributed by atoms with Gasteiger partial charge in [-0.05, 0) is 64.6 Å². The molecule has 3 aliphatic rings. The molecule has 3 aromatic heterocycles. The lowest BCUT2D eigenvalue weighted by atomic mass is 9.81. The van der Waals surface area contributed by atoms with E-state index in [1.54, 1.807) is 0 Å². The van der Waals surface area contributed by atoms with E-state index in [0.29, 0.717) is 5.95 Å². The molecule has 0 amide bonds. The van der Waals surface area contributed by atoms with E-state index in [0.717, 1.165) is 49.8 Å². The molecule has 0 spiro atoms. The number of para-hydroxylation sites is 4. The van der Waals surface area contributed by atoms with Crippen LogP contribution in [0.1, 0.15) is 29.9 Å². The summed E-state index contributed by atoms with van der Waals surface area (Å²) < 4.78 is 9.35. The molecule has 3 unspecified atom stereocenters. The summed E-state index contributed by atoms with van der Waals surface area (Å²) in [6.07, 6.45) is 14.0. The van der Waals surface area contributed by atoms with Crippen molar-refractivity contribution in [1.29, 1.82) is 0 Å². The molecule has 62 heavy (non-hydrogen) atoms. The lowest BCUT2D eigenvalue weighted by molar-refractivity contribution is 0.666. The predicted molar refractivity (Wildman–Crippen MR) is 254 cm³/mol. The number of nitrogens with zero attached hydrogens (tertiary/aromatic N) is 4. The van der Waals surface area contributed by atoms with E-state index in [4.69, 9.17) is 14.4 Å². The summed E-state index contributed by atoms with van der Waals surface area (Å²) in [5.41, 5.74) is 13.0. The van der Waals surface area contributed by atoms with Gasteiger partial charge in [0.2, 0.25) is 5.95 Å². The summed E-state index contributed by atoms with van der Waals surface area (Å²) >= 11 is 0. The van der Waals surface area contributed by atoms with E-state index in [2.05, 4.69) is 217 Å². The number of anilines is 2. The lowest BCUT2D eigenvalue weighted by Gasteiger charge is -2.27. The second-order valence-corrected chi connectivity index (χ2v) is 16.9. The molecule has 2 aliphatic carbocycles. The minimum absolute atomic E-state index is 0.0432. The molecular weight excluding hydrogens is 757 g/mol. The van der Waals surface area contributed by atoms with Gasteiger partial charge in [-0.25, -0.2) is 9.97 Å². The van der Waals surface area contributed by atoms with Crippen LogP contribution < -0.4 is 15.5 Å². The molecule has 1 aliphatic heterocycles. The molecular formula is C57H40N4O. The summed E-state index contributed by atoms with van der Waals surface area (Å²) in [7, 11) is 0. The van der Waals surface area contributed by atoms with Gasteiger partial charge >= 0.3 is 0 Å². The molecule has 0 fully saturated rings. The average Bonchev–Trinajstić information content (AvgIpc) is 3.99. The molecule has 0 radical (unpaired) electrons. The van der Waals surface area contributed by atoms with Crippen molar-refractivity contribution in [3.8, 4) is 28.1 Å².